The van der Waals surface area contributed by atoms with Gasteiger partial charge < -0.3 is 5.11 Å². The van der Waals surface area contributed by atoms with E-state index in [0.717, 1.165) is 0 Å². The zero-order valence-electron chi connectivity index (χ0n) is 9.52. The molecule has 0 amide bonds. The minimum Gasteiger partial charge on any atom is -0.388 e. The van der Waals surface area contributed by atoms with Gasteiger partial charge in [0.2, 0.25) is 0 Å². The predicted molar refractivity (Wildman–Crippen MR) is 64.8 cm³/mol. The van der Waals surface area contributed by atoms with Crippen molar-refractivity contribution in [2.24, 2.45) is 5.92 Å². The van der Waals surface area contributed by atoms with Crippen LogP contribution in [0.2, 0.25) is 0 Å². The third-order valence-electron chi connectivity index (χ3n) is 3.16. The zero-order valence-corrected chi connectivity index (χ0v) is 10.3. The van der Waals surface area contributed by atoms with Crippen LogP contribution in [0.15, 0.2) is 24.3 Å². The molecule has 0 aliphatic carbocycles. The number of non-ortho nitro benzene ring substituents is 1. The molecule has 0 bridgehead atoms. The highest BCUT2D eigenvalue weighted by molar-refractivity contribution is 7.91. The standard InChI is InChI=1S/C11H13NO5S/c13-11(9-5-6-18(16,17)7-9)8-1-3-10(4-2-8)12(14)15/h1-4,9,11,13H,5-7H2. The molecule has 98 valence electrons. The molecule has 0 saturated carbocycles. The van der Waals surface area contributed by atoms with Crippen LogP contribution in [-0.2, 0) is 9.84 Å². The molecule has 1 fully saturated rings. The fraction of sp³-hybridized carbons (Fsp3) is 0.455. The van der Waals surface area contributed by atoms with Crippen molar-refractivity contribution in [1.82, 2.24) is 0 Å². The number of sulfone groups is 1. The van der Waals surface area contributed by atoms with Crippen molar-refractivity contribution in [3.8, 4) is 0 Å². The molecule has 2 rings (SSSR count). The first-order valence-corrected chi connectivity index (χ1v) is 7.34. The number of nitro groups is 1. The van der Waals surface area contributed by atoms with Crippen molar-refractivity contribution in [3.05, 3.63) is 39.9 Å². The van der Waals surface area contributed by atoms with Crippen LogP contribution in [0.3, 0.4) is 0 Å². The van der Waals surface area contributed by atoms with Crippen molar-refractivity contribution in [1.29, 1.82) is 0 Å². The van der Waals surface area contributed by atoms with Crippen LogP contribution in [0.25, 0.3) is 0 Å². The number of hydrogen-bond donors (Lipinski definition) is 1. The maximum atomic E-state index is 11.3. The van der Waals surface area contributed by atoms with Gasteiger partial charge in [0.15, 0.2) is 9.84 Å². The lowest BCUT2D eigenvalue weighted by Gasteiger charge is -2.16. The van der Waals surface area contributed by atoms with Crippen LogP contribution in [0.5, 0.6) is 0 Å². The van der Waals surface area contributed by atoms with Crippen LogP contribution >= 0.6 is 0 Å². The summed E-state index contributed by atoms with van der Waals surface area (Å²) in [4.78, 5) is 9.97. The van der Waals surface area contributed by atoms with E-state index in [4.69, 9.17) is 0 Å². The van der Waals surface area contributed by atoms with Crippen molar-refractivity contribution in [3.63, 3.8) is 0 Å². The Morgan fingerprint density at radius 1 is 1.33 bits per heavy atom. The van der Waals surface area contributed by atoms with Crippen molar-refractivity contribution in [2.75, 3.05) is 11.5 Å². The molecule has 2 unspecified atom stereocenters. The fourth-order valence-corrected chi connectivity index (χ4v) is 3.97. The van der Waals surface area contributed by atoms with E-state index in [1.165, 1.54) is 24.3 Å². The summed E-state index contributed by atoms with van der Waals surface area (Å²) in [6.45, 7) is 0. The van der Waals surface area contributed by atoms with Gasteiger partial charge in [0.05, 0.1) is 22.5 Å². The summed E-state index contributed by atoms with van der Waals surface area (Å²) in [7, 11) is -3.04. The third kappa shape index (κ3) is 2.68. The monoisotopic (exact) mass is 271 g/mol. The maximum Gasteiger partial charge on any atom is 0.269 e. The molecule has 1 aromatic carbocycles. The fourth-order valence-electron chi connectivity index (χ4n) is 2.14. The molecule has 0 spiro atoms. The lowest BCUT2D eigenvalue weighted by atomic mass is 9.95. The number of rotatable bonds is 3. The topological polar surface area (TPSA) is 97.5 Å². The Kier molecular flexibility index (Phi) is 3.36. The predicted octanol–water partition coefficient (Wildman–Crippen LogP) is 1.06. The van der Waals surface area contributed by atoms with E-state index in [1.807, 2.05) is 0 Å². The van der Waals surface area contributed by atoms with Crippen molar-refractivity contribution < 1.29 is 18.4 Å². The SMILES string of the molecule is O=[N+]([O-])c1ccc(C(O)C2CCS(=O)(=O)C2)cc1. The highest BCUT2D eigenvalue weighted by Crippen LogP contribution is 2.31. The number of nitrogens with zero attached hydrogens (tertiary/aromatic N) is 1. The summed E-state index contributed by atoms with van der Waals surface area (Å²) in [5, 5.41) is 20.5. The third-order valence-corrected chi connectivity index (χ3v) is 4.95. The molecule has 1 heterocycles. The van der Waals surface area contributed by atoms with Crippen LogP contribution in [0.1, 0.15) is 18.1 Å². The summed E-state index contributed by atoms with van der Waals surface area (Å²) in [5.74, 6) is -0.246. The average molecular weight is 271 g/mol. The highest BCUT2D eigenvalue weighted by Gasteiger charge is 2.33. The first-order chi connectivity index (χ1) is 8.39. The van der Waals surface area contributed by atoms with E-state index in [-0.39, 0.29) is 23.1 Å². The lowest BCUT2D eigenvalue weighted by Crippen LogP contribution is -2.14. The molecule has 2 atom stereocenters. The van der Waals surface area contributed by atoms with Gasteiger partial charge in [0.25, 0.3) is 5.69 Å². The summed E-state index contributed by atoms with van der Waals surface area (Å²) >= 11 is 0. The number of aliphatic hydroxyl groups is 1. The molecule has 1 saturated heterocycles. The van der Waals surface area contributed by atoms with Gasteiger partial charge in [0, 0.05) is 18.1 Å². The van der Waals surface area contributed by atoms with Gasteiger partial charge in [0.1, 0.15) is 0 Å². The molecule has 0 aromatic heterocycles. The normalized spacial score (nSPS) is 23.7. The van der Waals surface area contributed by atoms with Crippen molar-refractivity contribution >= 4 is 15.5 Å². The zero-order chi connectivity index (χ0) is 13.3. The van der Waals surface area contributed by atoms with Gasteiger partial charge in [-0.3, -0.25) is 10.1 Å². The van der Waals surface area contributed by atoms with Gasteiger partial charge in [-0.1, -0.05) is 0 Å². The average Bonchev–Trinajstić information content (AvgIpc) is 2.69. The van der Waals surface area contributed by atoms with Crippen LogP contribution in [-0.4, -0.2) is 30.0 Å². The quantitative estimate of drug-likeness (QED) is 0.655. The van der Waals surface area contributed by atoms with E-state index in [9.17, 15) is 23.6 Å². The minimum absolute atomic E-state index is 0.0227. The summed E-state index contributed by atoms with van der Waals surface area (Å²) < 4.78 is 22.6. The van der Waals surface area contributed by atoms with Crippen LogP contribution in [0.4, 0.5) is 5.69 Å². The van der Waals surface area contributed by atoms with E-state index in [1.54, 1.807) is 0 Å². The number of benzene rings is 1. The summed E-state index contributed by atoms with van der Waals surface area (Å²) in [5.41, 5.74) is 0.465. The van der Waals surface area contributed by atoms with E-state index in [0.29, 0.717) is 12.0 Å². The highest BCUT2D eigenvalue weighted by atomic mass is 32.2. The molecule has 0 radical (unpaired) electrons. The number of nitro benzene ring substituents is 1. The molecule has 1 aromatic rings. The molecule has 6 nitrogen and oxygen atoms in total. The van der Waals surface area contributed by atoms with Gasteiger partial charge >= 0.3 is 0 Å². The molecule has 1 N–H and O–H groups in total. The summed E-state index contributed by atoms with van der Waals surface area (Å²) in [6, 6.07) is 5.55. The van der Waals surface area contributed by atoms with Crippen molar-refractivity contribution in [2.45, 2.75) is 12.5 Å². The molecular weight excluding hydrogens is 258 g/mol. The second-order valence-electron chi connectivity index (χ2n) is 4.46. The minimum atomic E-state index is -3.04. The largest absolute Gasteiger partial charge is 0.388 e. The Balaban J connectivity index is 2.14. The Labute approximate surface area is 104 Å². The Hall–Kier alpha value is -1.47. The van der Waals surface area contributed by atoms with Gasteiger partial charge in [-0.05, 0) is 24.1 Å². The maximum absolute atomic E-state index is 11.3. The Morgan fingerprint density at radius 2 is 1.94 bits per heavy atom. The molecule has 7 heteroatoms. The number of aliphatic hydroxyl groups excluding tert-OH is 1. The Bertz CT molecular complexity index is 551. The van der Waals surface area contributed by atoms with Crippen LogP contribution < -0.4 is 0 Å². The lowest BCUT2D eigenvalue weighted by molar-refractivity contribution is -0.384. The van der Waals surface area contributed by atoms with E-state index in [2.05, 4.69) is 0 Å². The Morgan fingerprint density at radius 3 is 2.39 bits per heavy atom. The summed E-state index contributed by atoms with van der Waals surface area (Å²) in [6.07, 6.45) is -0.455. The molecule has 18 heavy (non-hydrogen) atoms. The van der Waals surface area contributed by atoms with Gasteiger partial charge in [-0.2, -0.15) is 0 Å². The van der Waals surface area contributed by atoms with Gasteiger partial charge in [-0.15, -0.1) is 0 Å². The molecule has 1 aliphatic rings. The second-order valence-corrected chi connectivity index (χ2v) is 6.69. The first-order valence-electron chi connectivity index (χ1n) is 5.52. The van der Waals surface area contributed by atoms with E-state index < -0.39 is 20.9 Å². The second kappa shape index (κ2) is 4.66. The van der Waals surface area contributed by atoms with E-state index >= 15 is 0 Å². The smallest absolute Gasteiger partial charge is 0.269 e. The van der Waals surface area contributed by atoms with Gasteiger partial charge in [-0.25, -0.2) is 8.42 Å². The van der Waals surface area contributed by atoms with Crippen LogP contribution in [0, 0.1) is 16.0 Å². The number of hydrogen-bond acceptors (Lipinski definition) is 5. The molecule has 1 aliphatic heterocycles. The molecular formula is C11H13NO5S. The first kappa shape index (κ1) is 13.0.